The third-order valence-corrected chi connectivity index (χ3v) is 3.13. The Morgan fingerprint density at radius 2 is 2.32 bits per heavy atom. The molecular weight excluding hydrogens is 268 g/mol. The normalized spacial score (nSPS) is 10.4. The molecule has 0 aliphatic carbocycles. The van der Waals surface area contributed by atoms with Gasteiger partial charge in [0.05, 0.1) is 6.20 Å². The molecule has 19 heavy (non-hydrogen) atoms. The lowest BCUT2D eigenvalue weighted by atomic mass is 10.3. The average molecular weight is 280 g/mol. The maximum Gasteiger partial charge on any atom is 0.325 e. The SMILES string of the molecule is CN(Cc1ccsc1)C(=O)c1cn(CC(=O)O)nn1. The smallest absolute Gasteiger partial charge is 0.325 e. The summed E-state index contributed by atoms with van der Waals surface area (Å²) >= 11 is 1.56. The number of carbonyl (C=O) groups excluding carboxylic acids is 1. The molecule has 0 aromatic carbocycles. The summed E-state index contributed by atoms with van der Waals surface area (Å²) in [5.74, 6) is -1.32. The van der Waals surface area contributed by atoms with Gasteiger partial charge in [0, 0.05) is 13.6 Å². The van der Waals surface area contributed by atoms with E-state index < -0.39 is 5.97 Å². The molecule has 8 heteroatoms. The van der Waals surface area contributed by atoms with Gasteiger partial charge in [0.2, 0.25) is 0 Å². The molecule has 7 nitrogen and oxygen atoms in total. The third kappa shape index (κ3) is 3.38. The van der Waals surface area contributed by atoms with Gasteiger partial charge >= 0.3 is 5.97 Å². The van der Waals surface area contributed by atoms with Crippen molar-refractivity contribution in [1.29, 1.82) is 0 Å². The molecule has 0 radical (unpaired) electrons. The van der Waals surface area contributed by atoms with Crippen LogP contribution < -0.4 is 0 Å². The molecule has 2 rings (SSSR count). The standard InChI is InChI=1S/C11H12N4O3S/c1-14(4-8-2-3-19-7-8)11(18)9-5-15(13-12-9)6-10(16)17/h2-3,5,7H,4,6H2,1H3,(H,16,17). The molecule has 1 N–H and O–H groups in total. The molecule has 2 aromatic heterocycles. The molecule has 0 atom stereocenters. The number of carboxylic acids is 1. The number of aromatic nitrogens is 3. The predicted molar refractivity (Wildman–Crippen MR) is 67.8 cm³/mol. The summed E-state index contributed by atoms with van der Waals surface area (Å²) in [6.07, 6.45) is 1.33. The number of hydrogen-bond donors (Lipinski definition) is 1. The number of amides is 1. The van der Waals surface area contributed by atoms with E-state index in [1.54, 1.807) is 18.4 Å². The van der Waals surface area contributed by atoms with Crippen LogP contribution in [0.4, 0.5) is 0 Å². The fourth-order valence-electron chi connectivity index (χ4n) is 1.54. The van der Waals surface area contributed by atoms with Crippen molar-refractivity contribution in [3.8, 4) is 0 Å². The van der Waals surface area contributed by atoms with Crippen LogP contribution in [0.15, 0.2) is 23.0 Å². The van der Waals surface area contributed by atoms with Crippen molar-refractivity contribution in [3.05, 3.63) is 34.3 Å². The van der Waals surface area contributed by atoms with Crippen LogP contribution in [-0.2, 0) is 17.9 Å². The van der Waals surface area contributed by atoms with Gasteiger partial charge in [-0.25, -0.2) is 4.68 Å². The Labute approximate surface area is 113 Å². The van der Waals surface area contributed by atoms with Crippen LogP contribution >= 0.6 is 11.3 Å². The largest absolute Gasteiger partial charge is 0.480 e. The van der Waals surface area contributed by atoms with Gasteiger partial charge < -0.3 is 10.0 Å². The molecule has 0 bridgehead atoms. The predicted octanol–water partition coefficient (Wildman–Crippen LogP) is 0.696. The Morgan fingerprint density at radius 3 is 2.95 bits per heavy atom. The van der Waals surface area contributed by atoms with Crippen molar-refractivity contribution in [2.45, 2.75) is 13.1 Å². The molecule has 0 unspecified atom stereocenters. The van der Waals surface area contributed by atoms with Gasteiger partial charge in [0.25, 0.3) is 5.91 Å². The van der Waals surface area contributed by atoms with Crippen molar-refractivity contribution in [2.24, 2.45) is 0 Å². The lowest BCUT2D eigenvalue weighted by Crippen LogP contribution is -2.26. The number of carboxylic acid groups (broad SMARTS) is 1. The quantitative estimate of drug-likeness (QED) is 0.870. The lowest BCUT2D eigenvalue weighted by molar-refractivity contribution is -0.137. The Kier molecular flexibility index (Phi) is 3.91. The van der Waals surface area contributed by atoms with Crippen LogP contribution in [0.5, 0.6) is 0 Å². The number of rotatable bonds is 5. The monoisotopic (exact) mass is 280 g/mol. The molecule has 0 aliphatic rings. The van der Waals surface area contributed by atoms with E-state index in [9.17, 15) is 9.59 Å². The molecule has 0 spiro atoms. The number of carbonyl (C=O) groups is 2. The van der Waals surface area contributed by atoms with E-state index in [-0.39, 0.29) is 18.1 Å². The van der Waals surface area contributed by atoms with E-state index in [1.807, 2.05) is 16.8 Å². The van der Waals surface area contributed by atoms with Crippen molar-refractivity contribution in [2.75, 3.05) is 7.05 Å². The highest BCUT2D eigenvalue weighted by Gasteiger charge is 2.16. The second-order valence-electron chi connectivity index (χ2n) is 3.99. The fourth-order valence-corrected chi connectivity index (χ4v) is 2.20. The van der Waals surface area contributed by atoms with Crippen LogP contribution in [0, 0.1) is 0 Å². The Morgan fingerprint density at radius 1 is 1.53 bits per heavy atom. The highest BCUT2D eigenvalue weighted by atomic mass is 32.1. The summed E-state index contributed by atoms with van der Waals surface area (Å²) < 4.78 is 1.12. The van der Waals surface area contributed by atoms with Gasteiger partial charge in [-0.1, -0.05) is 5.21 Å². The van der Waals surface area contributed by atoms with Gasteiger partial charge in [-0.05, 0) is 22.4 Å². The van der Waals surface area contributed by atoms with E-state index in [0.29, 0.717) is 6.54 Å². The minimum Gasteiger partial charge on any atom is -0.480 e. The van der Waals surface area contributed by atoms with E-state index in [1.165, 1.54) is 11.1 Å². The zero-order chi connectivity index (χ0) is 13.8. The van der Waals surface area contributed by atoms with E-state index in [2.05, 4.69) is 10.3 Å². The summed E-state index contributed by atoms with van der Waals surface area (Å²) in [5, 5.41) is 19.8. The summed E-state index contributed by atoms with van der Waals surface area (Å²) in [7, 11) is 1.66. The van der Waals surface area contributed by atoms with Gasteiger partial charge in [0.1, 0.15) is 6.54 Å². The fraction of sp³-hybridized carbons (Fsp3) is 0.273. The van der Waals surface area contributed by atoms with Crippen LogP contribution in [-0.4, -0.2) is 43.9 Å². The first-order valence-corrected chi connectivity index (χ1v) is 6.39. The second-order valence-corrected chi connectivity index (χ2v) is 4.77. The van der Waals surface area contributed by atoms with Gasteiger partial charge in [-0.3, -0.25) is 9.59 Å². The Balaban J connectivity index is 2.02. The van der Waals surface area contributed by atoms with Crippen molar-refractivity contribution < 1.29 is 14.7 Å². The Hall–Kier alpha value is -2.22. The van der Waals surface area contributed by atoms with Gasteiger partial charge in [-0.2, -0.15) is 11.3 Å². The molecule has 2 aromatic rings. The topological polar surface area (TPSA) is 88.3 Å². The second kappa shape index (κ2) is 5.61. The van der Waals surface area contributed by atoms with Crippen molar-refractivity contribution in [1.82, 2.24) is 19.9 Å². The molecule has 0 saturated heterocycles. The maximum absolute atomic E-state index is 12.0. The minimum absolute atomic E-state index is 0.138. The van der Waals surface area contributed by atoms with Gasteiger partial charge in [-0.15, -0.1) is 5.10 Å². The first-order chi connectivity index (χ1) is 9.06. The highest BCUT2D eigenvalue weighted by Crippen LogP contribution is 2.10. The maximum atomic E-state index is 12.0. The van der Waals surface area contributed by atoms with Crippen molar-refractivity contribution >= 4 is 23.2 Å². The molecule has 100 valence electrons. The highest BCUT2D eigenvalue weighted by molar-refractivity contribution is 7.07. The van der Waals surface area contributed by atoms with Crippen LogP contribution in [0.3, 0.4) is 0 Å². The minimum atomic E-state index is -1.03. The number of aliphatic carboxylic acids is 1. The summed E-state index contributed by atoms with van der Waals surface area (Å²) in [5.41, 5.74) is 1.18. The average Bonchev–Trinajstić information content (AvgIpc) is 2.98. The zero-order valence-electron chi connectivity index (χ0n) is 10.2. The van der Waals surface area contributed by atoms with Crippen LogP contribution in [0.1, 0.15) is 16.1 Å². The molecular formula is C11H12N4O3S. The first-order valence-electron chi connectivity index (χ1n) is 5.44. The number of thiophene rings is 1. The van der Waals surface area contributed by atoms with E-state index in [0.717, 1.165) is 10.2 Å². The summed E-state index contributed by atoms with van der Waals surface area (Å²) in [6, 6.07) is 1.94. The molecule has 2 heterocycles. The molecule has 1 amide bonds. The summed E-state index contributed by atoms with van der Waals surface area (Å²) in [6.45, 7) is 0.169. The number of nitrogens with zero attached hydrogens (tertiary/aromatic N) is 4. The molecule has 0 fully saturated rings. The Bertz CT molecular complexity index is 579. The van der Waals surface area contributed by atoms with E-state index in [4.69, 9.17) is 5.11 Å². The number of hydrogen-bond acceptors (Lipinski definition) is 5. The van der Waals surface area contributed by atoms with E-state index >= 15 is 0 Å². The van der Waals surface area contributed by atoms with Crippen LogP contribution in [0.25, 0.3) is 0 Å². The molecule has 0 aliphatic heterocycles. The zero-order valence-corrected chi connectivity index (χ0v) is 11.0. The first kappa shape index (κ1) is 13.2. The van der Waals surface area contributed by atoms with Gasteiger partial charge in [0.15, 0.2) is 5.69 Å². The third-order valence-electron chi connectivity index (χ3n) is 2.40. The molecule has 0 saturated carbocycles. The van der Waals surface area contributed by atoms with Crippen LogP contribution in [0.2, 0.25) is 0 Å². The lowest BCUT2D eigenvalue weighted by Gasteiger charge is -2.14. The van der Waals surface area contributed by atoms with Crippen molar-refractivity contribution in [3.63, 3.8) is 0 Å². The summed E-state index contributed by atoms with van der Waals surface area (Å²) in [4.78, 5) is 24.1.